The predicted octanol–water partition coefficient (Wildman–Crippen LogP) is 3.22. The van der Waals surface area contributed by atoms with E-state index >= 15 is 0 Å². The number of phenolic OH excluding ortho intramolecular Hbond substituents is 1. The zero-order chi connectivity index (χ0) is 11.8. The van der Waals surface area contributed by atoms with Gasteiger partial charge in [-0.2, -0.15) is 0 Å². The van der Waals surface area contributed by atoms with Crippen molar-refractivity contribution < 1.29 is 9.50 Å². The molecule has 84 valence electrons. The Morgan fingerprint density at radius 1 is 1.44 bits per heavy atom. The van der Waals surface area contributed by atoms with Crippen LogP contribution in [0.15, 0.2) is 36.4 Å². The van der Waals surface area contributed by atoms with Crippen molar-refractivity contribution in [2.45, 2.75) is 11.5 Å². The number of hydrogen-bond acceptors (Lipinski definition) is 2. The summed E-state index contributed by atoms with van der Waals surface area (Å²) in [7, 11) is 0. The lowest BCUT2D eigenvalue weighted by Crippen LogP contribution is -2.11. The summed E-state index contributed by atoms with van der Waals surface area (Å²) >= 11 is 5.51. The van der Waals surface area contributed by atoms with Crippen LogP contribution in [-0.2, 0) is 0 Å². The van der Waals surface area contributed by atoms with Gasteiger partial charge in [-0.25, -0.2) is 4.39 Å². The van der Waals surface area contributed by atoms with Gasteiger partial charge in [0.05, 0.1) is 5.69 Å². The van der Waals surface area contributed by atoms with Crippen LogP contribution in [-0.4, -0.2) is 10.2 Å². The van der Waals surface area contributed by atoms with Gasteiger partial charge in [0, 0.05) is 6.42 Å². The first-order valence-corrected chi connectivity index (χ1v) is 5.22. The van der Waals surface area contributed by atoms with Gasteiger partial charge in [-0.1, -0.05) is 29.8 Å². The molecule has 0 fully saturated rings. The van der Waals surface area contributed by atoms with Crippen molar-refractivity contribution in [3.63, 3.8) is 0 Å². The molecule has 0 radical (unpaired) electrons. The number of halogens is 2. The third kappa shape index (κ3) is 2.19. The maximum absolute atomic E-state index is 13.3. The van der Waals surface area contributed by atoms with Crippen LogP contribution < -0.4 is 5.73 Å². The van der Waals surface area contributed by atoms with Gasteiger partial charge in [0.2, 0.25) is 5.13 Å². The average molecular weight is 240 g/mol. The molecule has 2 nitrogen and oxygen atoms in total. The maximum Gasteiger partial charge on any atom is 0.205 e. The summed E-state index contributed by atoms with van der Waals surface area (Å²) in [4.78, 5) is 0. The molecule has 1 aliphatic rings. The fraction of sp³-hybridized carbons (Fsp3) is 0.167. The number of nitrogens with two attached hydrogens (primary N) is 1. The summed E-state index contributed by atoms with van der Waals surface area (Å²) in [6, 6.07) is 4.92. The van der Waals surface area contributed by atoms with Crippen LogP contribution in [0.25, 0.3) is 5.57 Å². The molecule has 0 heterocycles. The van der Waals surface area contributed by atoms with Crippen LogP contribution in [0, 0.1) is 0 Å². The predicted molar refractivity (Wildman–Crippen MR) is 63.9 cm³/mol. The van der Waals surface area contributed by atoms with E-state index in [0.29, 0.717) is 5.69 Å². The van der Waals surface area contributed by atoms with E-state index in [2.05, 4.69) is 0 Å². The van der Waals surface area contributed by atoms with Gasteiger partial charge in [0.25, 0.3) is 0 Å². The van der Waals surface area contributed by atoms with Gasteiger partial charge >= 0.3 is 0 Å². The lowest BCUT2D eigenvalue weighted by Gasteiger charge is -2.17. The van der Waals surface area contributed by atoms with E-state index in [1.807, 2.05) is 0 Å². The molecule has 1 aliphatic carbocycles. The third-order valence-corrected chi connectivity index (χ3v) is 2.74. The second-order valence-electron chi connectivity index (χ2n) is 3.73. The quantitative estimate of drug-likeness (QED) is 0.449. The lowest BCUT2D eigenvalue weighted by molar-refractivity contribution is 0.348. The Kier molecular flexibility index (Phi) is 2.64. The number of rotatable bonds is 1. The Bertz CT molecular complexity index is 480. The number of nitrogen functional groups attached to an aromatic ring is 1. The average Bonchev–Trinajstić information content (AvgIpc) is 2.22. The van der Waals surface area contributed by atoms with Gasteiger partial charge < -0.3 is 10.8 Å². The Morgan fingerprint density at radius 3 is 2.75 bits per heavy atom. The van der Waals surface area contributed by atoms with Crippen LogP contribution in [0.4, 0.5) is 10.1 Å². The highest BCUT2D eigenvalue weighted by Crippen LogP contribution is 2.34. The molecule has 0 amide bonds. The van der Waals surface area contributed by atoms with E-state index in [9.17, 15) is 9.50 Å². The summed E-state index contributed by atoms with van der Waals surface area (Å²) in [5.41, 5.74) is 7.42. The first-order chi connectivity index (χ1) is 7.48. The molecule has 3 N–H and O–H groups in total. The number of phenols is 1. The minimum Gasteiger partial charge on any atom is -0.506 e. The molecule has 0 aromatic heterocycles. The van der Waals surface area contributed by atoms with E-state index in [-0.39, 0.29) is 12.2 Å². The number of aromatic hydroxyl groups is 1. The molecule has 0 bridgehead atoms. The van der Waals surface area contributed by atoms with Crippen molar-refractivity contribution in [1.29, 1.82) is 0 Å². The maximum atomic E-state index is 13.3. The normalized spacial score (nSPS) is 24.2. The number of benzene rings is 1. The van der Waals surface area contributed by atoms with Crippen LogP contribution >= 0.6 is 11.6 Å². The lowest BCUT2D eigenvalue weighted by atomic mass is 9.98. The molecule has 0 spiro atoms. The van der Waals surface area contributed by atoms with Crippen LogP contribution in [0.1, 0.15) is 12.0 Å². The van der Waals surface area contributed by atoms with E-state index in [0.717, 1.165) is 11.1 Å². The molecule has 1 atom stereocenters. The standard InChI is InChI=1S/C12H11ClFNO/c13-12(14)5-3-8(4-6-12)9-1-2-10(15)11(16)7-9/h1-5,7,16H,6,15H2. The minimum absolute atomic E-state index is 0.0229. The first kappa shape index (κ1) is 11.0. The fourth-order valence-corrected chi connectivity index (χ4v) is 1.67. The van der Waals surface area contributed by atoms with Gasteiger partial charge in [-0.3, -0.25) is 0 Å². The van der Waals surface area contributed by atoms with Crippen LogP contribution in [0.3, 0.4) is 0 Å². The highest BCUT2D eigenvalue weighted by molar-refractivity contribution is 6.24. The summed E-state index contributed by atoms with van der Waals surface area (Å²) in [5.74, 6) is 0.0229. The number of anilines is 1. The number of hydrogen-bond donors (Lipinski definition) is 2. The topological polar surface area (TPSA) is 46.2 Å². The Labute approximate surface area is 97.8 Å². The van der Waals surface area contributed by atoms with Crippen molar-refractivity contribution in [2.24, 2.45) is 0 Å². The SMILES string of the molecule is Nc1ccc(C2=CCC(F)(Cl)C=C2)cc1O. The smallest absolute Gasteiger partial charge is 0.205 e. The van der Waals surface area contributed by atoms with E-state index in [1.165, 1.54) is 6.08 Å². The number of allylic oxidation sites excluding steroid dienone is 4. The molecule has 1 aromatic rings. The molecule has 4 heteroatoms. The molecule has 16 heavy (non-hydrogen) atoms. The monoisotopic (exact) mass is 239 g/mol. The molecular weight excluding hydrogens is 229 g/mol. The minimum atomic E-state index is -1.79. The summed E-state index contributed by atoms with van der Waals surface area (Å²) < 4.78 is 13.3. The van der Waals surface area contributed by atoms with Gasteiger partial charge in [-0.05, 0) is 29.3 Å². The molecule has 1 aromatic carbocycles. The Hall–Kier alpha value is -1.48. The van der Waals surface area contributed by atoms with Gasteiger partial charge in [0.1, 0.15) is 5.75 Å². The van der Waals surface area contributed by atoms with Crippen molar-refractivity contribution in [2.75, 3.05) is 5.73 Å². The highest BCUT2D eigenvalue weighted by atomic mass is 35.5. The Balaban J connectivity index is 2.30. The zero-order valence-electron chi connectivity index (χ0n) is 8.45. The molecule has 0 saturated heterocycles. The van der Waals surface area contributed by atoms with Gasteiger partial charge in [0.15, 0.2) is 0 Å². The molecule has 0 aliphatic heterocycles. The first-order valence-electron chi connectivity index (χ1n) is 4.84. The highest BCUT2D eigenvalue weighted by Gasteiger charge is 2.24. The van der Waals surface area contributed by atoms with E-state index < -0.39 is 5.13 Å². The van der Waals surface area contributed by atoms with Crippen molar-refractivity contribution in [1.82, 2.24) is 0 Å². The molecule has 1 unspecified atom stereocenters. The summed E-state index contributed by atoms with van der Waals surface area (Å²) in [6.45, 7) is 0. The molecular formula is C12H11ClFNO. The van der Waals surface area contributed by atoms with Gasteiger partial charge in [-0.15, -0.1) is 0 Å². The van der Waals surface area contributed by atoms with Crippen molar-refractivity contribution >= 4 is 22.9 Å². The largest absolute Gasteiger partial charge is 0.506 e. The van der Waals surface area contributed by atoms with Crippen LogP contribution in [0.5, 0.6) is 5.75 Å². The van der Waals surface area contributed by atoms with Crippen LogP contribution in [0.2, 0.25) is 0 Å². The third-order valence-electron chi connectivity index (χ3n) is 2.46. The number of alkyl halides is 2. The molecule has 2 rings (SSSR count). The summed E-state index contributed by atoms with van der Waals surface area (Å²) in [5, 5.41) is 7.66. The fourth-order valence-electron chi connectivity index (χ4n) is 1.53. The van der Waals surface area contributed by atoms with Crippen molar-refractivity contribution in [3.05, 3.63) is 42.0 Å². The summed E-state index contributed by atoms with van der Waals surface area (Å²) in [6.07, 6.45) is 4.71. The van der Waals surface area contributed by atoms with E-state index in [4.69, 9.17) is 17.3 Å². The Morgan fingerprint density at radius 2 is 2.19 bits per heavy atom. The zero-order valence-corrected chi connectivity index (χ0v) is 9.21. The van der Waals surface area contributed by atoms with Crippen molar-refractivity contribution in [3.8, 4) is 5.75 Å². The van der Waals surface area contributed by atoms with E-state index in [1.54, 1.807) is 30.4 Å². The second-order valence-corrected chi connectivity index (χ2v) is 4.36. The second kappa shape index (κ2) is 3.83. The molecule has 0 saturated carbocycles.